The zero-order chi connectivity index (χ0) is 23.3. The van der Waals surface area contributed by atoms with Crippen LogP contribution >= 0.6 is 0 Å². The second-order valence-corrected chi connectivity index (χ2v) is 10.5. The minimum Gasteiger partial charge on any atom is -0.444 e. The largest absolute Gasteiger partial charge is 0.444 e. The van der Waals surface area contributed by atoms with Crippen LogP contribution in [0.3, 0.4) is 0 Å². The number of piperidine rings is 1. The van der Waals surface area contributed by atoms with E-state index >= 15 is 0 Å². The Kier molecular flexibility index (Phi) is 8.26. The van der Waals surface area contributed by atoms with E-state index < -0.39 is 5.60 Å². The highest BCUT2D eigenvalue weighted by atomic mass is 16.6. The molecule has 0 spiro atoms. The van der Waals surface area contributed by atoms with Crippen LogP contribution in [0.15, 0.2) is 18.3 Å². The molecule has 1 aromatic heterocycles. The van der Waals surface area contributed by atoms with Crippen LogP contribution in [0, 0.1) is 0 Å². The van der Waals surface area contributed by atoms with Gasteiger partial charge < -0.3 is 24.0 Å². The fraction of sp³-hybridized carbons (Fsp3) is 0.760. The Morgan fingerprint density at radius 3 is 2.31 bits per heavy atom. The molecule has 32 heavy (non-hydrogen) atoms. The molecule has 3 rings (SSSR count). The molecule has 1 aromatic rings. The van der Waals surface area contributed by atoms with Crippen molar-refractivity contribution in [2.75, 3.05) is 40.3 Å². The Balaban J connectivity index is 1.52. The van der Waals surface area contributed by atoms with E-state index in [9.17, 15) is 9.59 Å². The first-order chi connectivity index (χ1) is 15.2. The van der Waals surface area contributed by atoms with Gasteiger partial charge in [0.05, 0.1) is 0 Å². The lowest BCUT2D eigenvalue weighted by Crippen LogP contribution is -2.43. The monoisotopic (exact) mass is 446 g/mol. The summed E-state index contributed by atoms with van der Waals surface area (Å²) in [7, 11) is 4.09. The van der Waals surface area contributed by atoms with Crippen molar-refractivity contribution >= 4 is 12.0 Å². The number of ether oxygens (including phenoxy) is 1. The van der Waals surface area contributed by atoms with Crippen molar-refractivity contribution in [3.63, 3.8) is 0 Å². The van der Waals surface area contributed by atoms with Gasteiger partial charge in [0.2, 0.25) is 0 Å². The van der Waals surface area contributed by atoms with E-state index in [0.717, 1.165) is 31.6 Å². The predicted octanol–water partition coefficient (Wildman–Crippen LogP) is 4.40. The van der Waals surface area contributed by atoms with Crippen LogP contribution in [0.25, 0.3) is 0 Å². The Bertz CT molecular complexity index is 755. The van der Waals surface area contributed by atoms with Crippen LogP contribution < -0.4 is 0 Å². The number of hydrogen-bond acceptors (Lipinski definition) is 4. The maximum absolute atomic E-state index is 13.2. The van der Waals surface area contributed by atoms with Gasteiger partial charge in [-0.1, -0.05) is 19.3 Å². The average molecular weight is 447 g/mol. The number of amides is 2. The number of nitrogens with zero attached hydrogens (tertiary/aromatic N) is 4. The Hall–Kier alpha value is -2.02. The molecule has 0 aromatic carbocycles. The van der Waals surface area contributed by atoms with E-state index in [-0.39, 0.29) is 18.0 Å². The SMILES string of the molecule is CN(CCN(C)C1CCCCC1)C(=O)c1cccn1C1CCN(C(=O)OC(C)(C)C)CC1. The first-order valence-corrected chi connectivity index (χ1v) is 12.3. The summed E-state index contributed by atoms with van der Waals surface area (Å²) in [6.45, 7) is 8.59. The van der Waals surface area contributed by atoms with Gasteiger partial charge in [0, 0.05) is 51.5 Å². The van der Waals surface area contributed by atoms with Gasteiger partial charge in [0.25, 0.3) is 5.91 Å². The second kappa shape index (κ2) is 10.7. The van der Waals surface area contributed by atoms with Gasteiger partial charge in [0.15, 0.2) is 0 Å². The smallest absolute Gasteiger partial charge is 0.410 e. The number of carbonyl (C=O) groups is 2. The fourth-order valence-electron chi connectivity index (χ4n) is 4.86. The number of likely N-dealkylation sites (tertiary alicyclic amines) is 1. The van der Waals surface area contributed by atoms with Gasteiger partial charge >= 0.3 is 6.09 Å². The molecular formula is C25H42N4O3. The minimum absolute atomic E-state index is 0.0709. The zero-order valence-corrected chi connectivity index (χ0v) is 20.7. The third kappa shape index (κ3) is 6.50. The highest BCUT2D eigenvalue weighted by Gasteiger charge is 2.29. The van der Waals surface area contributed by atoms with Gasteiger partial charge in [0.1, 0.15) is 11.3 Å². The van der Waals surface area contributed by atoms with E-state index in [1.807, 2.05) is 51.0 Å². The topological polar surface area (TPSA) is 58.0 Å². The summed E-state index contributed by atoms with van der Waals surface area (Å²) < 4.78 is 7.61. The standard InChI is InChI=1S/C25H42N4O3/c1-25(2,3)32-24(31)28-16-13-21(14-17-28)29-15-9-12-22(29)23(30)27(5)19-18-26(4)20-10-7-6-8-11-20/h9,12,15,20-21H,6-8,10-11,13-14,16-19H2,1-5H3. The third-order valence-corrected chi connectivity index (χ3v) is 6.84. The van der Waals surface area contributed by atoms with Crippen LogP contribution in [0.4, 0.5) is 4.79 Å². The number of carbonyl (C=O) groups excluding carboxylic acids is 2. The maximum atomic E-state index is 13.2. The molecule has 7 heteroatoms. The van der Waals surface area contributed by atoms with Crippen molar-refractivity contribution in [3.05, 3.63) is 24.0 Å². The molecule has 0 bridgehead atoms. The highest BCUT2D eigenvalue weighted by molar-refractivity contribution is 5.92. The maximum Gasteiger partial charge on any atom is 0.410 e. The summed E-state index contributed by atoms with van der Waals surface area (Å²) in [5, 5.41) is 0. The Morgan fingerprint density at radius 1 is 1.03 bits per heavy atom. The number of aromatic nitrogens is 1. The molecule has 7 nitrogen and oxygen atoms in total. The van der Waals surface area contributed by atoms with Gasteiger partial charge in [-0.25, -0.2) is 4.79 Å². The van der Waals surface area contributed by atoms with Crippen molar-refractivity contribution in [2.45, 2.75) is 83.4 Å². The summed E-state index contributed by atoms with van der Waals surface area (Å²) in [5.41, 5.74) is 0.257. The van der Waals surface area contributed by atoms with Crippen molar-refractivity contribution in [3.8, 4) is 0 Å². The summed E-state index contributed by atoms with van der Waals surface area (Å²) in [6.07, 6.45) is 9.96. The van der Waals surface area contributed by atoms with Gasteiger partial charge in [-0.15, -0.1) is 0 Å². The molecule has 0 atom stereocenters. The molecule has 0 N–H and O–H groups in total. The molecule has 2 heterocycles. The highest BCUT2D eigenvalue weighted by Crippen LogP contribution is 2.26. The molecule has 0 radical (unpaired) electrons. The Morgan fingerprint density at radius 2 is 1.69 bits per heavy atom. The predicted molar refractivity (Wildman–Crippen MR) is 127 cm³/mol. The van der Waals surface area contributed by atoms with Crippen LogP contribution in [-0.4, -0.2) is 83.2 Å². The van der Waals surface area contributed by atoms with Crippen molar-refractivity contribution in [1.82, 2.24) is 19.3 Å². The van der Waals surface area contributed by atoms with Gasteiger partial charge in [-0.2, -0.15) is 0 Å². The van der Waals surface area contributed by atoms with Crippen molar-refractivity contribution in [2.24, 2.45) is 0 Å². The number of rotatable bonds is 6. The molecule has 2 fully saturated rings. The number of likely N-dealkylation sites (N-methyl/N-ethyl adjacent to an activating group) is 2. The zero-order valence-electron chi connectivity index (χ0n) is 20.7. The first kappa shape index (κ1) is 24.6. The van der Waals surface area contributed by atoms with E-state index in [2.05, 4.69) is 16.5 Å². The molecule has 1 aliphatic heterocycles. The van der Waals surface area contributed by atoms with E-state index in [4.69, 9.17) is 4.74 Å². The number of hydrogen-bond donors (Lipinski definition) is 0. The lowest BCUT2D eigenvalue weighted by atomic mass is 9.94. The average Bonchev–Trinajstić information content (AvgIpc) is 3.26. The summed E-state index contributed by atoms with van der Waals surface area (Å²) >= 11 is 0. The summed E-state index contributed by atoms with van der Waals surface area (Å²) in [4.78, 5) is 31.6. The molecule has 1 aliphatic carbocycles. The summed E-state index contributed by atoms with van der Waals surface area (Å²) in [5.74, 6) is 0.0709. The van der Waals surface area contributed by atoms with Crippen molar-refractivity contribution < 1.29 is 14.3 Å². The van der Waals surface area contributed by atoms with Gasteiger partial charge in [-0.3, -0.25) is 4.79 Å². The van der Waals surface area contributed by atoms with Crippen LogP contribution in [0.2, 0.25) is 0 Å². The third-order valence-electron chi connectivity index (χ3n) is 6.84. The Labute approximate surface area is 193 Å². The molecule has 0 unspecified atom stereocenters. The lowest BCUT2D eigenvalue weighted by molar-refractivity contribution is 0.0186. The molecule has 1 saturated carbocycles. The molecule has 2 aliphatic rings. The quantitative estimate of drug-likeness (QED) is 0.650. The lowest BCUT2D eigenvalue weighted by Gasteiger charge is -2.35. The molecule has 2 amide bonds. The van der Waals surface area contributed by atoms with Crippen LogP contribution in [0.5, 0.6) is 0 Å². The van der Waals surface area contributed by atoms with Crippen LogP contribution in [0.1, 0.15) is 82.2 Å². The van der Waals surface area contributed by atoms with E-state index in [0.29, 0.717) is 19.1 Å². The molecule has 1 saturated heterocycles. The van der Waals surface area contributed by atoms with Crippen LogP contribution in [-0.2, 0) is 4.74 Å². The summed E-state index contributed by atoms with van der Waals surface area (Å²) in [6, 6.07) is 4.76. The van der Waals surface area contributed by atoms with E-state index in [1.165, 1.54) is 32.1 Å². The minimum atomic E-state index is -0.483. The normalized spacial score (nSPS) is 18.8. The second-order valence-electron chi connectivity index (χ2n) is 10.5. The van der Waals surface area contributed by atoms with Gasteiger partial charge in [-0.05, 0) is 65.6 Å². The van der Waals surface area contributed by atoms with Crippen molar-refractivity contribution in [1.29, 1.82) is 0 Å². The molecular weight excluding hydrogens is 404 g/mol. The fourth-order valence-corrected chi connectivity index (χ4v) is 4.86. The molecule has 180 valence electrons. The first-order valence-electron chi connectivity index (χ1n) is 12.3. The van der Waals surface area contributed by atoms with E-state index in [1.54, 1.807) is 4.90 Å².